The molecule has 0 unspecified atom stereocenters. The Labute approximate surface area is 183 Å². The van der Waals surface area contributed by atoms with Crippen LogP contribution in [0, 0.1) is 0 Å². The van der Waals surface area contributed by atoms with Gasteiger partial charge in [0.2, 0.25) is 0 Å². The molecule has 0 rings (SSSR count). The number of nitrogens with zero attached hydrogens (tertiary/aromatic N) is 1. The van der Waals surface area contributed by atoms with Gasteiger partial charge in [0, 0.05) is 0 Å². The molecule has 0 N–H and O–H groups in total. The molecule has 0 saturated heterocycles. The maximum atomic E-state index is 11.1. The van der Waals surface area contributed by atoms with Gasteiger partial charge in [-0.05, 0) is 26.1 Å². The highest BCUT2D eigenvalue weighted by Crippen LogP contribution is 2.12. The van der Waals surface area contributed by atoms with E-state index in [2.05, 4.69) is 39.2 Å². The van der Waals surface area contributed by atoms with E-state index in [1.165, 1.54) is 103 Å². The van der Waals surface area contributed by atoms with Crippen molar-refractivity contribution in [3.05, 3.63) is 12.7 Å². The lowest BCUT2D eigenvalue weighted by molar-refractivity contribution is -0.142. The summed E-state index contributed by atoms with van der Waals surface area (Å²) in [5, 5.41) is 0. The molecule has 0 aliphatic rings. The van der Waals surface area contributed by atoms with Crippen LogP contribution in [0.3, 0.4) is 0 Å². The molecular formula is C26H53NO2. The molecule has 0 bridgehead atoms. The predicted molar refractivity (Wildman–Crippen MR) is 130 cm³/mol. The normalized spacial score (nSPS) is 10.5. The number of esters is 1. The molecule has 0 amide bonds. The number of hydrogen-bond acceptors (Lipinski definition) is 3. The molecule has 29 heavy (non-hydrogen) atoms. The molecule has 3 nitrogen and oxygen atoms in total. The second kappa shape index (κ2) is 27.2. The molecule has 0 atom stereocenters. The van der Waals surface area contributed by atoms with E-state index in [1.54, 1.807) is 6.08 Å². The lowest BCUT2D eigenvalue weighted by Gasteiger charge is -2.13. The third-order valence-electron chi connectivity index (χ3n) is 5.41. The molecule has 0 spiro atoms. The van der Waals surface area contributed by atoms with Crippen LogP contribution in [0.1, 0.15) is 124 Å². The summed E-state index contributed by atoms with van der Waals surface area (Å²) < 4.78 is 5.08. The Bertz CT molecular complexity index is 321. The van der Waals surface area contributed by atoms with Crippen LogP contribution in [0.15, 0.2) is 12.7 Å². The number of unbranched alkanes of at least 4 members (excludes halogenated alkanes) is 13. The zero-order valence-electron chi connectivity index (χ0n) is 20.5. The first-order chi connectivity index (χ1) is 14.2. The summed E-state index contributed by atoms with van der Waals surface area (Å²) in [7, 11) is 0. The van der Waals surface area contributed by atoms with Gasteiger partial charge in [0.15, 0.2) is 0 Å². The monoisotopic (exact) mass is 411 g/mol. The topological polar surface area (TPSA) is 29.5 Å². The van der Waals surface area contributed by atoms with Crippen LogP contribution in [0.4, 0.5) is 0 Å². The molecule has 0 fully saturated rings. The highest BCUT2D eigenvalue weighted by atomic mass is 16.5. The number of rotatable bonds is 20. The second-order valence-electron chi connectivity index (χ2n) is 7.93. The van der Waals surface area contributed by atoms with Gasteiger partial charge >= 0.3 is 5.97 Å². The minimum Gasteiger partial charge on any atom is -0.465 e. The average molecular weight is 412 g/mol. The highest BCUT2D eigenvalue weighted by molar-refractivity contribution is 5.70. The van der Waals surface area contributed by atoms with Gasteiger partial charge in [0.1, 0.15) is 0 Å². The molecule has 0 aliphatic heterocycles. The minimum absolute atomic E-state index is 0.148. The Hall–Kier alpha value is -0.830. The molecule has 0 aliphatic carbocycles. The van der Waals surface area contributed by atoms with Crippen LogP contribution in [0.5, 0.6) is 0 Å². The zero-order chi connectivity index (χ0) is 22.0. The van der Waals surface area contributed by atoms with Gasteiger partial charge < -0.3 is 9.64 Å². The van der Waals surface area contributed by atoms with Gasteiger partial charge in [0.05, 0.1) is 13.0 Å². The van der Waals surface area contributed by atoms with E-state index in [0.717, 1.165) is 6.42 Å². The summed E-state index contributed by atoms with van der Waals surface area (Å²) in [5.74, 6) is -0.148. The van der Waals surface area contributed by atoms with E-state index < -0.39 is 0 Å². The van der Waals surface area contributed by atoms with Gasteiger partial charge in [-0.25, -0.2) is 0 Å². The van der Waals surface area contributed by atoms with Gasteiger partial charge in [-0.1, -0.05) is 117 Å². The van der Waals surface area contributed by atoms with E-state index in [-0.39, 0.29) is 5.97 Å². The molecule has 0 aromatic carbocycles. The zero-order valence-corrected chi connectivity index (χ0v) is 20.5. The van der Waals surface area contributed by atoms with Crippen molar-refractivity contribution in [3.63, 3.8) is 0 Å². The number of hydrogen-bond donors (Lipinski definition) is 0. The van der Waals surface area contributed by atoms with Crippen molar-refractivity contribution in [3.8, 4) is 0 Å². The number of carbonyl (C=O) groups excluding carboxylic acids is 1. The molecule has 0 heterocycles. The number of carbonyl (C=O) groups is 1. The van der Waals surface area contributed by atoms with E-state index in [0.29, 0.717) is 13.0 Å². The third kappa shape index (κ3) is 27.2. The molecule has 3 heteroatoms. The first kappa shape index (κ1) is 30.4. The Morgan fingerprint density at radius 2 is 1.07 bits per heavy atom. The summed E-state index contributed by atoms with van der Waals surface area (Å²) in [4.78, 5) is 13.5. The van der Waals surface area contributed by atoms with Crippen LogP contribution in [0.2, 0.25) is 0 Å². The van der Waals surface area contributed by atoms with Crippen LogP contribution in [-0.2, 0) is 9.53 Å². The molecular weight excluding hydrogens is 358 g/mol. The maximum absolute atomic E-state index is 11.1. The number of ether oxygens (including phenoxy) is 1. The van der Waals surface area contributed by atoms with E-state index in [9.17, 15) is 4.79 Å². The summed E-state index contributed by atoms with van der Waals surface area (Å²) in [6.07, 6.45) is 20.8. The van der Waals surface area contributed by atoms with Crippen LogP contribution >= 0.6 is 0 Å². The summed E-state index contributed by atoms with van der Waals surface area (Å²) in [5.41, 5.74) is 0. The van der Waals surface area contributed by atoms with Gasteiger partial charge in [-0.15, -0.1) is 6.58 Å². The predicted octanol–water partition coefficient (Wildman–Crippen LogP) is 7.94. The Morgan fingerprint density at radius 3 is 1.38 bits per heavy atom. The van der Waals surface area contributed by atoms with Gasteiger partial charge in [-0.3, -0.25) is 4.79 Å². The van der Waals surface area contributed by atoms with Crippen molar-refractivity contribution in [1.82, 2.24) is 4.90 Å². The van der Waals surface area contributed by atoms with Crippen molar-refractivity contribution >= 4 is 5.97 Å². The lowest BCUT2D eigenvalue weighted by atomic mass is 10.0. The molecule has 174 valence electrons. The second-order valence-corrected chi connectivity index (χ2v) is 7.93. The fraction of sp³-hybridized carbons (Fsp3) is 0.885. The van der Waals surface area contributed by atoms with Crippen molar-refractivity contribution in [2.45, 2.75) is 124 Å². The van der Waals surface area contributed by atoms with Crippen LogP contribution in [0.25, 0.3) is 0 Å². The summed E-state index contributed by atoms with van der Waals surface area (Å²) in [6, 6.07) is 0. The first-order valence-electron chi connectivity index (χ1n) is 12.6. The van der Waals surface area contributed by atoms with Crippen molar-refractivity contribution in [1.29, 1.82) is 0 Å². The summed E-state index contributed by atoms with van der Waals surface area (Å²) in [6.45, 7) is 16.5. The largest absolute Gasteiger partial charge is 0.465 e. The third-order valence-corrected chi connectivity index (χ3v) is 5.41. The Kier molecular flexibility index (Phi) is 28.4. The van der Waals surface area contributed by atoms with Crippen LogP contribution < -0.4 is 0 Å². The molecule has 0 saturated carbocycles. The molecule has 0 aromatic rings. The average Bonchev–Trinajstić information content (AvgIpc) is 2.73. The molecule has 0 aromatic heterocycles. The van der Waals surface area contributed by atoms with Crippen molar-refractivity contribution < 1.29 is 9.53 Å². The van der Waals surface area contributed by atoms with E-state index in [1.807, 2.05) is 0 Å². The van der Waals surface area contributed by atoms with Crippen molar-refractivity contribution in [2.75, 3.05) is 26.2 Å². The Morgan fingerprint density at radius 1 is 0.690 bits per heavy atom. The smallest absolute Gasteiger partial charge is 0.309 e. The van der Waals surface area contributed by atoms with E-state index in [4.69, 9.17) is 4.74 Å². The SMILES string of the molecule is C=CCC(=O)OCCCCCCCCCCCCCCCC.CCN(CC)CC. The standard InChI is InChI=1S/C20H38O2.C6H15N/c1-3-5-6-7-8-9-10-11-12-13-14-15-16-17-19-22-20(21)18-4-2;1-4-7(5-2)6-3/h4H,2-3,5-19H2,1H3;4-6H2,1-3H3. The summed E-state index contributed by atoms with van der Waals surface area (Å²) >= 11 is 0. The van der Waals surface area contributed by atoms with Gasteiger partial charge in [0.25, 0.3) is 0 Å². The molecule has 0 radical (unpaired) electrons. The van der Waals surface area contributed by atoms with Gasteiger partial charge in [-0.2, -0.15) is 0 Å². The Balaban J connectivity index is 0. The highest BCUT2D eigenvalue weighted by Gasteiger charge is 1.98. The maximum Gasteiger partial charge on any atom is 0.309 e. The van der Waals surface area contributed by atoms with Crippen LogP contribution in [-0.4, -0.2) is 37.1 Å². The van der Waals surface area contributed by atoms with E-state index >= 15 is 0 Å². The first-order valence-corrected chi connectivity index (χ1v) is 12.6. The lowest BCUT2D eigenvalue weighted by Crippen LogP contribution is -2.21. The fourth-order valence-electron chi connectivity index (χ4n) is 3.33. The minimum atomic E-state index is -0.148. The quantitative estimate of drug-likeness (QED) is 0.116. The van der Waals surface area contributed by atoms with Crippen molar-refractivity contribution in [2.24, 2.45) is 0 Å². The fourth-order valence-corrected chi connectivity index (χ4v) is 3.33.